The second-order valence-corrected chi connectivity index (χ2v) is 7.00. The molecule has 1 unspecified atom stereocenters. The monoisotopic (exact) mass is 263 g/mol. The molecule has 0 aromatic heterocycles. The Kier molecular flexibility index (Phi) is 5.86. The van der Waals surface area contributed by atoms with E-state index in [-0.39, 0.29) is 5.54 Å². The van der Waals surface area contributed by atoms with Gasteiger partial charge in [-0.15, -0.1) is 0 Å². The van der Waals surface area contributed by atoms with Gasteiger partial charge in [0, 0.05) is 5.54 Å². The Bertz CT molecular complexity index is 362. The van der Waals surface area contributed by atoms with Crippen molar-refractivity contribution in [2.75, 3.05) is 6.54 Å². The van der Waals surface area contributed by atoms with Crippen molar-refractivity contribution in [3.8, 4) is 5.75 Å². The minimum absolute atomic E-state index is 0.171. The van der Waals surface area contributed by atoms with E-state index < -0.39 is 0 Å². The lowest BCUT2D eigenvalue weighted by Gasteiger charge is -2.26. The summed E-state index contributed by atoms with van der Waals surface area (Å²) in [6.45, 7) is 12.2. The molecule has 0 bridgehead atoms. The molecule has 1 rings (SSSR count). The molecular weight excluding hydrogens is 234 g/mol. The van der Waals surface area contributed by atoms with Gasteiger partial charge in [-0.2, -0.15) is 0 Å². The Labute approximate surface area is 118 Å². The third kappa shape index (κ3) is 7.22. The number of benzene rings is 1. The highest BCUT2D eigenvalue weighted by Gasteiger charge is 2.16. The number of phenols is 1. The van der Waals surface area contributed by atoms with Crippen LogP contribution in [0.2, 0.25) is 0 Å². The highest BCUT2D eigenvalue weighted by atomic mass is 16.3. The van der Waals surface area contributed by atoms with E-state index in [2.05, 4.69) is 39.9 Å². The lowest BCUT2D eigenvalue weighted by molar-refractivity contribution is 0.331. The van der Waals surface area contributed by atoms with E-state index in [1.807, 2.05) is 12.1 Å². The second kappa shape index (κ2) is 6.95. The summed E-state index contributed by atoms with van der Waals surface area (Å²) in [5, 5.41) is 12.9. The largest absolute Gasteiger partial charge is 0.508 e. The van der Waals surface area contributed by atoms with Crippen LogP contribution in [-0.2, 0) is 6.42 Å². The molecule has 0 aliphatic heterocycles. The zero-order valence-electron chi connectivity index (χ0n) is 13.0. The van der Waals surface area contributed by atoms with Crippen molar-refractivity contribution in [1.29, 1.82) is 0 Å². The van der Waals surface area contributed by atoms with E-state index in [0.717, 1.165) is 13.0 Å². The summed E-state index contributed by atoms with van der Waals surface area (Å²) in [5.41, 5.74) is 1.48. The maximum Gasteiger partial charge on any atom is 0.115 e. The molecule has 2 N–H and O–H groups in total. The Hall–Kier alpha value is -1.02. The fourth-order valence-electron chi connectivity index (χ4n) is 2.32. The van der Waals surface area contributed by atoms with E-state index >= 15 is 0 Å². The molecule has 108 valence electrons. The molecule has 0 fully saturated rings. The first-order valence-electron chi connectivity index (χ1n) is 7.29. The average molecular weight is 263 g/mol. The molecule has 0 heterocycles. The van der Waals surface area contributed by atoms with Gasteiger partial charge in [0.15, 0.2) is 0 Å². The first kappa shape index (κ1) is 16.0. The van der Waals surface area contributed by atoms with Crippen LogP contribution in [0.1, 0.15) is 46.6 Å². The molecular formula is C17H29NO. The number of hydrogen-bond donors (Lipinski definition) is 2. The fraction of sp³-hybridized carbons (Fsp3) is 0.647. The zero-order valence-corrected chi connectivity index (χ0v) is 13.0. The van der Waals surface area contributed by atoms with Crippen molar-refractivity contribution >= 4 is 0 Å². The maximum absolute atomic E-state index is 9.33. The molecule has 0 aliphatic rings. The van der Waals surface area contributed by atoms with Crippen molar-refractivity contribution in [2.24, 2.45) is 11.8 Å². The van der Waals surface area contributed by atoms with Crippen molar-refractivity contribution in [1.82, 2.24) is 5.32 Å². The van der Waals surface area contributed by atoms with Gasteiger partial charge in [0.25, 0.3) is 0 Å². The number of hydrogen-bond acceptors (Lipinski definition) is 2. The van der Waals surface area contributed by atoms with Crippen molar-refractivity contribution in [3.63, 3.8) is 0 Å². The minimum atomic E-state index is 0.171. The molecule has 0 radical (unpaired) electrons. The van der Waals surface area contributed by atoms with Crippen LogP contribution in [0.4, 0.5) is 0 Å². The van der Waals surface area contributed by atoms with Crippen LogP contribution in [-0.4, -0.2) is 17.2 Å². The predicted octanol–water partition coefficient (Wildman–Crippen LogP) is 3.99. The van der Waals surface area contributed by atoms with Crippen LogP contribution in [0.15, 0.2) is 24.3 Å². The van der Waals surface area contributed by atoms with Gasteiger partial charge < -0.3 is 10.4 Å². The van der Waals surface area contributed by atoms with Crippen molar-refractivity contribution in [3.05, 3.63) is 29.8 Å². The van der Waals surface area contributed by atoms with Crippen LogP contribution in [0, 0.1) is 11.8 Å². The molecule has 19 heavy (non-hydrogen) atoms. The average Bonchev–Trinajstić information content (AvgIpc) is 2.27. The molecule has 0 saturated heterocycles. The molecule has 2 nitrogen and oxygen atoms in total. The molecule has 1 aromatic carbocycles. The lowest BCUT2D eigenvalue weighted by atomic mass is 9.90. The Morgan fingerprint density at radius 3 is 2.16 bits per heavy atom. The van der Waals surface area contributed by atoms with Crippen molar-refractivity contribution < 1.29 is 5.11 Å². The second-order valence-electron chi connectivity index (χ2n) is 7.00. The molecule has 1 aromatic rings. The third-order valence-electron chi connectivity index (χ3n) is 3.19. The standard InChI is InChI=1S/C17H29NO/c1-13(2)10-15(12-18-17(3,4)5)11-14-6-8-16(19)9-7-14/h6-9,13,15,18-19H,10-12H2,1-5H3. The highest BCUT2D eigenvalue weighted by molar-refractivity contribution is 5.26. The number of phenolic OH excluding ortho intramolecular Hbond substituents is 1. The van der Waals surface area contributed by atoms with Gasteiger partial charge in [-0.1, -0.05) is 26.0 Å². The van der Waals surface area contributed by atoms with Gasteiger partial charge in [-0.25, -0.2) is 0 Å². The first-order chi connectivity index (χ1) is 8.76. The van der Waals surface area contributed by atoms with E-state index in [9.17, 15) is 5.11 Å². The number of nitrogens with one attached hydrogen (secondary N) is 1. The summed E-state index contributed by atoms with van der Waals surface area (Å²) in [7, 11) is 0. The molecule has 0 aliphatic carbocycles. The third-order valence-corrected chi connectivity index (χ3v) is 3.19. The Morgan fingerprint density at radius 2 is 1.68 bits per heavy atom. The smallest absolute Gasteiger partial charge is 0.115 e. The Morgan fingerprint density at radius 1 is 1.11 bits per heavy atom. The highest BCUT2D eigenvalue weighted by Crippen LogP contribution is 2.19. The quantitative estimate of drug-likeness (QED) is 0.813. The topological polar surface area (TPSA) is 32.3 Å². The summed E-state index contributed by atoms with van der Waals surface area (Å²) in [6, 6.07) is 7.61. The van der Waals surface area contributed by atoms with Gasteiger partial charge >= 0.3 is 0 Å². The molecule has 0 spiro atoms. The molecule has 2 heteroatoms. The zero-order chi connectivity index (χ0) is 14.5. The van der Waals surface area contributed by atoms with Crippen LogP contribution in [0.3, 0.4) is 0 Å². The predicted molar refractivity (Wildman–Crippen MR) is 82.5 cm³/mol. The molecule has 0 saturated carbocycles. The van der Waals surface area contributed by atoms with Crippen LogP contribution < -0.4 is 5.32 Å². The first-order valence-corrected chi connectivity index (χ1v) is 7.29. The van der Waals surface area contributed by atoms with Crippen LogP contribution in [0.5, 0.6) is 5.75 Å². The van der Waals surface area contributed by atoms with Gasteiger partial charge in [0.2, 0.25) is 0 Å². The van der Waals surface area contributed by atoms with E-state index in [4.69, 9.17) is 0 Å². The van der Waals surface area contributed by atoms with Crippen molar-refractivity contribution in [2.45, 2.75) is 53.0 Å². The van der Waals surface area contributed by atoms with E-state index in [1.165, 1.54) is 12.0 Å². The summed E-state index contributed by atoms with van der Waals surface area (Å²) >= 11 is 0. The van der Waals surface area contributed by atoms with Crippen LogP contribution >= 0.6 is 0 Å². The van der Waals surface area contributed by atoms with Gasteiger partial charge in [-0.05, 0) is 69.7 Å². The number of rotatable bonds is 6. The molecule has 0 amide bonds. The fourth-order valence-corrected chi connectivity index (χ4v) is 2.32. The number of aromatic hydroxyl groups is 1. The van der Waals surface area contributed by atoms with Gasteiger partial charge in [-0.3, -0.25) is 0 Å². The summed E-state index contributed by atoms with van der Waals surface area (Å²) < 4.78 is 0. The minimum Gasteiger partial charge on any atom is -0.508 e. The van der Waals surface area contributed by atoms with E-state index in [0.29, 0.717) is 17.6 Å². The summed E-state index contributed by atoms with van der Waals surface area (Å²) in [5.74, 6) is 1.70. The van der Waals surface area contributed by atoms with Gasteiger partial charge in [0.1, 0.15) is 5.75 Å². The SMILES string of the molecule is CC(C)CC(CNC(C)(C)C)Cc1ccc(O)cc1. The Balaban J connectivity index is 2.60. The summed E-state index contributed by atoms with van der Waals surface area (Å²) in [6.07, 6.45) is 2.30. The normalized spacial score (nSPS) is 13.8. The van der Waals surface area contributed by atoms with Crippen LogP contribution in [0.25, 0.3) is 0 Å². The van der Waals surface area contributed by atoms with E-state index in [1.54, 1.807) is 12.1 Å². The maximum atomic E-state index is 9.33. The summed E-state index contributed by atoms with van der Waals surface area (Å²) in [4.78, 5) is 0. The lowest BCUT2D eigenvalue weighted by Crippen LogP contribution is -2.39. The van der Waals surface area contributed by atoms with Gasteiger partial charge in [0.05, 0.1) is 0 Å². The molecule has 1 atom stereocenters.